The van der Waals surface area contributed by atoms with Crippen molar-refractivity contribution in [3.8, 4) is 5.75 Å². The second-order valence-electron chi connectivity index (χ2n) is 4.47. The Balaban J connectivity index is 1.99. The number of nitrogens with zero attached hydrogens (tertiary/aromatic N) is 1. The minimum atomic E-state index is -2.86. The summed E-state index contributed by atoms with van der Waals surface area (Å²) in [6.45, 7) is 0.603. The van der Waals surface area contributed by atoms with Gasteiger partial charge >= 0.3 is 6.61 Å². The SMILES string of the molecule is Cc1cc(C(=O)NC(C)c2ccc(OC(F)F)cc2)no1. The highest BCUT2D eigenvalue weighted by Gasteiger charge is 2.15. The van der Waals surface area contributed by atoms with Gasteiger partial charge in [0.15, 0.2) is 5.69 Å². The number of aryl methyl sites for hydroxylation is 1. The van der Waals surface area contributed by atoms with Crippen molar-refractivity contribution in [1.82, 2.24) is 10.5 Å². The minimum absolute atomic E-state index is 0.0689. The molecule has 0 aliphatic heterocycles. The van der Waals surface area contributed by atoms with E-state index < -0.39 is 6.61 Å². The molecule has 1 heterocycles. The molecule has 0 aliphatic carbocycles. The van der Waals surface area contributed by atoms with E-state index in [2.05, 4.69) is 15.2 Å². The Labute approximate surface area is 119 Å². The van der Waals surface area contributed by atoms with Crippen LogP contribution in [0.4, 0.5) is 8.78 Å². The lowest BCUT2D eigenvalue weighted by Gasteiger charge is -2.14. The summed E-state index contributed by atoms with van der Waals surface area (Å²) in [6, 6.07) is 7.28. The van der Waals surface area contributed by atoms with Gasteiger partial charge in [-0.25, -0.2) is 0 Å². The summed E-state index contributed by atoms with van der Waals surface area (Å²) < 4.78 is 33.2. The van der Waals surface area contributed by atoms with Gasteiger partial charge in [-0.3, -0.25) is 4.79 Å². The number of benzene rings is 1. The van der Waals surface area contributed by atoms with Crippen LogP contribution >= 0.6 is 0 Å². The molecule has 0 saturated heterocycles. The molecule has 1 atom stereocenters. The molecule has 5 nitrogen and oxygen atoms in total. The number of alkyl halides is 2. The third-order valence-electron chi connectivity index (χ3n) is 2.81. The third-order valence-corrected chi connectivity index (χ3v) is 2.81. The second kappa shape index (κ2) is 6.34. The number of ether oxygens (including phenoxy) is 1. The fourth-order valence-corrected chi connectivity index (χ4v) is 1.77. The summed E-state index contributed by atoms with van der Waals surface area (Å²) in [7, 11) is 0. The molecule has 21 heavy (non-hydrogen) atoms. The Bertz CT molecular complexity index is 611. The van der Waals surface area contributed by atoms with E-state index in [4.69, 9.17) is 4.52 Å². The van der Waals surface area contributed by atoms with Gasteiger partial charge in [-0.15, -0.1) is 0 Å². The van der Waals surface area contributed by atoms with E-state index in [9.17, 15) is 13.6 Å². The summed E-state index contributed by atoms with van der Waals surface area (Å²) in [5.74, 6) is 0.243. The molecule has 0 radical (unpaired) electrons. The zero-order valence-corrected chi connectivity index (χ0v) is 11.5. The van der Waals surface area contributed by atoms with Gasteiger partial charge in [-0.1, -0.05) is 17.3 Å². The van der Waals surface area contributed by atoms with Crippen LogP contribution in [0, 0.1) is 6.92 Å². The summed E-state index contributed by atoms with van der Waals surface area (Å²) in [5, 5.41) is 6.35. The average Bonchev–Trinajstić information content (AvgIpc) is 2.85. The maximum absolute atomic E-state index is 12.0. The molecule has 0 spiro atoms. The largest absolute Gasteiger partial charge is 0.435 e. The predicted molar refractivity (Wildman–Crippen MR) is 70.2 cm³/mol. The van der Waals surface area contributed by atoms with Crippen LogP contribution in [-0.4, -0.2) is 17.7 Å². The van der Waals surface area contributed by atoms with Crippen molar-refractivity contribution in [2.24, 2.45) is 0 Å². The maximum atomic E-state index is 12.0. The zero-order chi connectivity index (χ0) is 15.4. The van der Waals surface area contributed by atoms with E-state index in [-0.39, 0.29) is 23.4 Å². The summed E-state index contributed by atoms with van der Waals surface area (Å²) in [6.07, 6.45) is 0. The molecule has 112 valence electrons. The quantitative estimate of drug-likeness (QED) is 0.921. The zero-order valence-electron chi connectivity index (χ0n) is 11.5. The summed E-state index contributed by atoms with van der Waals surface area (Å²) in [5.41, 5.74) is 0.946. The Morgan fingerprint density at radius 1 is 1.33 bits per heavy atom. The molecule has 0 aliphatic rings. The molecule has 1 N–H and O–H groups in total. The van der Waals surface area contributed by atoms with Crippen LogP contribution in [0.5, 0.6) is 5.75 Å². The molecule has 1 unspecified atom stereocenters. The molecule has 2 aromatic rings. The number of carbonyl (C=O) groups is 1. The molecule has 1 aromatic carbocycles. The lowest BCUT2D eigenvalue weighted by Crippen LogP contribution is -2.26. The summed E-state index contributed by atoms with van der Waals surface area (Å²) in [4.78, 5) is 11.9. The average molecular weight is 296 g/mol. The number of halogens is 2. The fraction of sp³-hybridized carbons (Fsp3) is 0.286. The van der Waals surface area contributed by atoms with Gasteiger partial charge in [0.25, 0.3) is 5.91 Å². The van der Waals surface area contributed by atoms with Crippen molar-refractivity contribution in [1.29, 1.82) is 0 Å². The highest BCUT2D eigenvalue weighted by molar-refractivity contribution is 5.92. The third kappa shape index (κ3) is 4.01. The Kier molecular flexibility index (Phi) is 4.52. The van der Waals surface area contributed by atoms with Crippen molar-refractivity contribution in [2.45, 2.75) is 26.5 Å². The van der Waals surface area contributed by atoms with Crippen molar-refractivity contribution in [3.05, 3.63) is 47.3 Å². The van der Waals surface area contributed by atoms with Crippen molar-refractivity contribution < 1.29 is 22.8 Å². The van der Waals surface area contributed by atoms with Gasteiger partial charge in [0.2, 0.25) is 0 Å². The van der Waals surface area contributed by atoms with Gasteiger partial charge in [0, 0.05) is 6.07 Å². The number of hydrogen-bond donors (Lipinski definition) is 1. The number of rotatable bonds is 5. The van der Waals surface area contributed by atoms with Crippen LogP contribution in [0.15, 0.2) is 34.9 Å². The van der Waals surface area contributed by atoms with E-state index in [1.807, 2.05) is 0 Å². The van der Waals surface area contributed by atoms with Crippen LogP contribution in [-0.2, 0) is 0 Å². The Morgan fingerprint density at radius 2 is 2.00 bits per heavy atom. The Morgan fingerprint density at radius 3 is 2.52 bits per heavy atom. The van der Waals surface area contributed by atoms with Gasteiger partial charge in [-0.05, 0) is 31.5 Å². The van der Waals surface area contributed by atoms with E-state index in [0.717, 1.165) is 5.56 Å². The van der Waals surface area contributed by atoms with Gasteiger partial charge in [0.05, 0.1) is 6.04 Å². The van der Waals surface area contributed by atoms with Crippen molar-refractivity contribution in [2.75, 3.05) is 0 Å². The smallest absolute Gasteiger partial charge is 0.387 e. The van der Waals surface area contributed by atoms with Crippen molar-refractivity contribution in [3.63, 3.8) is 0 Å². The molecule has 1 aromatic heterocycles. The second-order valence-corrected chi connectivity index (χ2v) is 4.47. The van der Waals surface area contributed by atoms with Gasteiger partial charge in [-0.2, -0.15) is 8.78 Å². The normalized spacial score (nSPS) is 12.2. The first kappa shape index (κ1) is 15.0. The lowest BCUT2D eigenvalue weighted by atomic mass is 10.1. The number of amides is 1. The highest BCUT2D eigenvalue weighted by atomic mass is 19.3. The number of carbonyl (C=O) groups excluding carboxylic acids is 1. The number of hydrogen-bond acceptors (Lipinski definition) is 4. The molecule has 7 heteroatoms. The molecule has 0 fully saturated rings. The topological polar surface area (TPSA) is 64.4 Å². The molecule has 2 rings (SSSR count). The predicted octanol–water partition coefficient (Wildman–Crippen LogP) is 3.08. The van der Waals surface area contributed by atoms with Crippen LogP contribution < -0.4 is 10.1 Å². The monoisotopic (exact) mass is 296 g/mol. The first-order valence-corrected chi connectivity index (χ1v) is 6.24. The van der Waals surface area contributed by atoms with Crippen LogP contribution in [0.25, 0.3) is 0 Å². The standard InChI is InChI=1S/C14H14F2N2O3/c1-8-7-12(18-21-8)13(19)17-9(2)10-3-5-11(6-4-10)20-14(15)16/h3-7,9,14H,1-2H3,(H,17,19). The van der Waals surface area contributed by atoms with Gasteiger partial charge < -0.3 is 14.6 Å². The number of nitrogens with one attached hydrogen (secondary N) is 1. The van der Waals surface area contributed by atoms with Crippen LogP contribution in [0.2, 0.25) is 0 Å². The van der Waals surface area contributed by atoms with E-state index in [1.54, 1.807) is 26.0 Å². The highest BCUT2D eigenvalue weighted by Crippen LogP contribution is 2.19. The van der Waals surface area contributed by atoms with E-state index in [0.29, 0.717) is 5.76 Å². The fourth-order valence-electron chi connectivity index (χ4n) is 1.77. The molecular formula is C14H14F2N2O3. The van der Waals surface area contributed by atoms with Crippen LogP contribution in [0.1, 0.15) is 34.8 Å². The maximum Gasteiger partial charge on any atom is 0.387 e. The first-order valence-electron chi connectivity index (χ1n) is 6.24. The molecule has 0 saturated carbocycles. The van der Waals surface area contributed by atoms with E-state index in [1.165, 1.54) is 18.2 Å². The summed E-state index contributed by atoms with van der Waals surface area (Å²) >= 11 is 0. The Hall–Kier alpha value is -2.44. The minimum Gasteiger partial charge on any atom is -0.435 e. The molecule has 1 amide bonds. The molecular weight excluding hydrogens is 282 g/mol. The first-order chi connectivity index (χ1) is 9.95. The molecule has 0 bridgehead atoms. The van der Waals surface area contributed by atoms with Gasteiger partial charge in [0.1, 0.15) is 11.5 Å². The van der Waals surface area contributed by atoms with Crippen LogP contribution in [0.3, 0.4) is 0 Å². The number of aromatic nitrogens is 1. The lowest BCUT2D eigenvalue weighted by molar-refractivity contribution is -0.0498. The van der Waals surface area contributed by atoms with Crippen molar-refractivity contribution >= 4 is 5.91 Å². The van der Waals surface area contributed by atoms with E-state index >= 15 is 0 Å².